The predicted octanol–water partition coefficient (Wildman–Crippen LogP) is 3.26. The van der Waals surface area contributed by atoms with Crippen LogP contribution in [-0.4, -0.2) is 28.9 Å². The van der Waals surface area contributed by atoms with E-state index in [4.69, 9.17) is 4.55 Å². The van der Waals surface area contributed by atoms with Gasteiger partial charge in [-0.3, -0.25) is 19.5 Å². The molecule has 0 aliphatic heterocycles. The van der Waals surface area contributed by atoms with E-state index in [1.165, 1.54) is 42.5 Å². The van der Waals surface area contributed by atoms with E-state index in [1.54, 1.807) is 6.92 Å². The molecule has 1 amide bonds. The topological polar surface area (TPSA) is 147 Å². The number of nitrogens with one attached hydrogen (secondary N) is 1. The fourth-order valence-corrected chi connectivity index (χ4v) is 3.23. The van der Waals surface area contributed by atoms with Gasteiger partial charge in [-0.25, -0.2) is 0 Å². The van der Waals surface area contributed by atoms with Crippen molar-refractivity contribution >= 4 is 38.2 Å². The summed E-state index contributed by atoms with van der Waals surface area (Å²) >= 11 is 0. The highest BCUT2D eigenvalue weighted by molar-refractivity contribution is 7.85. The second-order valence-electron chi connectivity index (χ2n) is 6.05. The van der Waals surface area contributed by atoms with Gasteiger partial charge in [0.25, 0.3) is 21.7 Å². The zero-order chi connectivity index (χ0) is 20.6. The van der Waals surface area contributed by atoms with Gasteiger partial charge in [-0.1, -0.05) is 18.2 Å². The molecule has 0 aliphatic rings. The third kappa shape index (κ3) is 3.63. The minimum Gasteiger partial charge on any atom is -0.505 e. The highest BCUT2D eigenvalue weighted by Crippen LogP contribution is 2.34. The number of nitrogens with zero attached hydrogens (tertiary/aromatic N) is 1. The smallest absolute Gasteiger partial charge is 0.294 e. The molecule has 3 rings (SSSR count). The molecule has 0 heterocycles. The minimum absolute atomic E-state index is 0.0687. The van der Waals surface area contributed by atoms with Crippen LogP contribution in [0.5, 0.6) is 5.75 Å². The van der Waals surface area contributed by atoms with Crippen molar-refractivity contribution in [3.05, 3.63) is 69.8 Å². The van der Waals surface area contributed by atoms with Crippen LogP contribution < -0.4 is 5.32 Å². The van der Waals surface area contributed by atoms with Crippen LogP contribution >= 0.6 is 0 Å². The highest BCUT2D eigenvalue weighted by atomic mass is 32.2. The number of amides is 1. The van der Waals surface area contributed by atoms with E-state index in [9.17, 15) is 28.4 Å². The van der Waals surface area contributed by atoms with Gasteiger partial charge < -0.3 is 10.4 Å². The summed E-state index contributed by atoms with van der Waals surface area (Å²) in [7, 11) is -4.48. The predicted molar refractivity (Wildman–Crippen MR) is 101 cm³/mol. The molecular weight excluding hydrogens is 388 g/mol. The van der Waals surface area contributed by atoms with Crippen molar-refractivity contribution in [2.45, 2.75) is 11.8 Å². The molecule has 10 heteroatoms. The van der Waals surface area contributed by atoms with Crippen LogP contribution in [0, 0.1) is 17.0 Å². The van der Waals surface area contributed by atoms with Gasteiger partial charge >= 0.3 is 0 Å². The standard InChI is InChI=1S/C18H14N2O7S/c1-10-2-7-16(20(23)24)14(8-10)18(22)19-15-6-4-11-3-5-12(28(25,26)27)9-13(11)17(15)21/h2-9,21H,1H3,(H,19,22)(H,25,26,27). The van der Waals surface area contributed by atoms with Gasteiger partial charge in [0, 0.05) is 11.5 Å². The molecule has 0 saturated heterocycles. The molecule has 3 N–H and O–H groups in total. The Morgan fingerprint density at radius 3 is 2.43 bits per heavy atom. The Labute approximate surface area is 159 Å². The number of hydrogen-bond acceptors (Lipinski definition) is 6. The van der Waals surface area contributed by atoms with Crippen molar-refractivity contribution < 1.29 is 27.8 Å². The lowest BCUT2D eigenvalue weighted by atomic mass is 10.1. The van der Waals surface area contributed by atoms with Crippen molar-refractivity contribution in [3.8, 4) is 5.75 Å². The molecule has 0 fully saturated rings. The first kappa shape index (κ1) is 19.3. The zero-order valence-corrected chi connectivity index (χ0v) is 15.2. The van der Waals surface area contributed by atoms with Gasteiger partial charge in [0.2, 0.25) is 0 Å². The first-order valence-corrected chi connectivity index (χ1v) is 9.31. The van der Waals surface area contributed by atoms with Crippen LogP contribution in [0.4, 0.5) is 11.4 Å². The molecule has 9 nitrogen and oxygen atoms in total. The third-order valence-corrected chi connectivity index (χ3v) is 4.95. The fourth-order valence-electron chi connectivity index (χ4n) is 2.72. The molecule has 0 bridgehead atoms. The van der Waals surface area contributed by atoms with Crippen molar-refractivity contribution in [2.75, 3.05) is 5.32 Å². The highest BCUT2D eigenvalue weighted by Gasteiger charge is 2.21. The number of fused-ring (bicyclic) bond motifs is 1. The summed E-state index contributed by atoms with van der Waals surface area (Å²) in [5, 5.41) is 24.5. The summed E-state index contributed by atoms with van der Waals surface area (Å²) in [4.78, 5) is 22.6. The Morgan fingerprint density at radius 2 is 1.79 bits per heavy atom. The fraction of sp³-hybridized carbons (Fsp3) is 0.0556. The number of phenols is 1. The van der Waals surface area contributed by atoms with Gasteiger partial charge in [-0.05, 0) is 42.1 Å². The molecule has 0 spiro atoms. The number of carbonyl (C=O) groups is 1. The largest absolute Gasteiger partial charge is 0.505 e. The van der Waals surface area contributed by atoms with Crippen LogP contribution in [0.25, 0.3) is 10.8 Å². The monoisotopic (exact) mass is 402 g/mol. The Hall–Kier alpha value is -3.50. The van der Waals surface area contributed by atoms with Crippen LogP contribution in [0.1, 0.15) is 15.9 Å². The number of anilines is 1. The number of hydrogen-bond donors (Lipinski definition) is 3. The summed E-state index contributed by atoms with van der Waals surface area (Å²) in [5.41, 5.74) is -0.00899. The van der Waals surface area contributed by atoms with E-state index in [0.717, 1.165) is 6.07 Å². The number of aryl methyl sites for hydroxylation is 1. The maximum Gasteiger partial charge on any atom is 0.294 e. The Balaban J connectivity index is 2.06. The summed E-state index contributed by atoms with van der Waals surface area (Å²) in [5.74, 6) is -1.25. The number of nitro benzene ring substituents is 1. The number of rotatable bonds is 4. The van der Waals surface area contributed by atoms with Crippen molar-refractivity contribution in [1.82, 2.24) is 0 Å². The molecule has 3 aromatic rings. The van der Waals surface area contributed by atoms with Gasteiger partial charge in [0.15, 0.2) is 0 Å². The SMILES string of the molecule is Cc1ccc([N+](=O)[O-])c(C(=O)Nc2ccc3ccc(S(=O)(=O)O)cc3c2O)c1. The van der Waals surface area contributed by atoms with E-state index in [0.29, 0.717) is 10.9 Å². The van der Waals surface area contributed by atoms with E-state index in [-0.39, 0.29) is 16.6 Å². The molecule has 0 saturated carbocycles. The van der Waals surface area contributed by atoms with Gasteiger partial charge in [0.1, 0.15) is 11.3 Å². The molecule has 0 unspecified atom stereocenters. The number of aromatic hydroxyl groups is 1. The van der Waals surface area contributed by atoms with E-state index in [1.807, 2.05) is 0 Å². The van der Waals surface area contributed by atoms with Crippen LogP contribution in [0.3, 0.4) is 0 Å². The number of carbonyl (C=O) groups excluding carboxylic acids is 1. The quantitative estimate of drug-likeness (QED) is 0.263. The summed E-state index contributed by atoms with van der Waals surface area (Å²) in [6, 6.07) is 10.6. The average molecular weight is 402 g/mol. The number of benzene rings is 3. The van der Waals surface area contributed by atoms with Crippen LogP contribution in [0.15, 0.2) is 53.4 Å². The molecule has 144 valence electrons. The summed E-state index contributed by atoms with van der Waals surface area (Å²) in [6.07, 6.45) is 0. The van der Waals surface area contributed by atoms with Crippen LogP contribution in [-0.2, 0) is 10.1 Å². The Kier molecular flexibility index (Phi) is 4.75. The maximum absolute atomic E-state index is 12.5. The molecule has 0 aliphatic carbocycles. The molecule has 0 radical (unpaired) electrons. The lowest BCUT2D eigenvalue weighted by Gasteiger charge is -2.11. The lowest BCUT2D eigenvalue weighted by molar-refractivity contribution is -0.385. The van der Waals surface area contributed by atoms with E-state index in [2.05, 4.69) is 5.32 Å². The molecule has 3 aromatic carbocycles. The Bertz CT molecular complexity index is 1240. The second kappa shape index (κ2) is 6.91. The van der Waals surface area contributed by atoms with Crippen molar-refractivity contribution in [3.63, 3.8) is 0 Å². The molecule has 28 heavy (non-hydrogen) atoms. The normalized spacial score (nSPS) is 11.4. The molecule has 0 atom stereocenters. The van der Waals surface area contributed by atoms with Gasteiger partial charge in [-0.15, -0.1) is 0 Å². The molecular formula is C18H14N2O7S. The minimum atomic E-state index is -4.48. The van der Waals surface area contributed by atoms with E-state index < -0.39 is 37.3 Å². The van der Waals surface area contributed by atoms with Crippen molar-refractivity contribution in [1.29, 1.82) is 0 Å². The molecule has 0 aromatic heterocycles. The summed E-state index contributed by atoms with van der Waals surface area (Å²) in [6.45, 7) is 1.67. The number of nitro groups is 1. The Morgan fingerprint density at radius 1 is 1.11 bits per heavy atom. The second-order valence-corrected chi connectivity index (χ2v) is 7.47. The zero-order valence-electron chi connectivity index (χ0n) is 14.4. The summed E-state index contributed by atoms with van der Waals surface area (Å²) < 4.78 is 31.8. The van der Waals surface area contributed by atoms with Crippen molar-refractivity contribution in [2.24, 2.45) is 0 Å². The maximum atomic E-state index is 12.5. The van der Waals surface area contributed by atoms with Gasteiger partial charge in [-0.2, -0.15) is 8.42 Å². The average Bonchev–Trinajstić information content (AvgIpc) is 2.62. The van der Waals surface area contributed by atoms with Gasteiger partial charge in [0.05, 0.1) is 15.5 Å². The lowest BCUT2D eigenvalue weighted by Crippen LogP contribution is -2.14. The van der Waals surface area contributed by atoms with Crippen LogP contribution in [0.2, 0.25) is 0 Å². The number of phenolic OH excluding ortho intramolecular Hbond substituents is 1. The first-order valence-electron chi connectivity index (χ1n) is 7.87. The third-order valence-electron chi connectivity index (χ3n) is 4.10. The first-order chi connectivity index (χ1) is 13.1. The van der Waals surface area contributed by atoms with E-state index >= 15 is 0 Å².